The van der Waals surface area contributed by atoms with Gasteiger partial charge in [-0.2, -0.15) is 0 Å². The molecule has 2 N–H and O–H groups in total. The van der Waals surface area contributed by atoms with Crippen molar-refractivity contribution in [2.45, 2.75) is 12.5 Å². The van der Waals surface area contributed by atoms with Crippen molar-refractivity contribution in [3.8, 4) is 5.75 Å². The van der Waals surface area contributed by atoms with Crippen LogP contribution in [-0.2, 0) is 9.59 Å². The number of halogens is 1. The molecule has 1 fully saturated rings. The van der Waals surface area contributed by atoms with Gasteiger partial charge in [0.15, 0.2) is 6.61 Å². The summed E-state index contributed by atoms with van der Waals surface area (Å²) in [7, 11) is 0. The maximum atomic E-state index is 11.6. The number of rotatable bonds is 4. The van der Waals surface area contributed by atoms with E-state index in [1.54, 1.807) is 12.1 Å². The van der Waals surface area contributed by atoms with Crippen LogP contribution in [-0.4, -0.2) is 31.0 Å². The fourth-order valence-electron chi connectivity index (χ4n) is 1.65. The smallest absolute Gasteiger partial charge is 0.258 e. The maximum Gasteiger partial charge on any atom is 0.258 e. The van der Waals surface area contributed by atoms with Crippen LogP contribution in [0.25, 0.3) is 0 Å². The van der Waals surface area contributed by atoms with Gasteiger partial charge in [0.1, 0.15) is 11.8 Å². The van der Waals surface area contributed by atoms with Crippen LogP contribution in [0.1, 0.15) is 6.42 Å². The van der Waals surface area contributed by atoms with Crippen molar-refractivity contribution in [3.63, 3.8) is 0 Å². The lowest BCUT2D eigenvalue weighted by Gasteiger charge is -2.10. The summed E-state index contributed by atoms with van der Waals surface area (Å²) >= 11 is 2.19. The van der Waals surface area contributed by atoms with Gasteiger partial charge in [-0.25, -0.2) is 0 Å². The Labute approximate surface area is 118 Å². The average Bonchev–Trinajstić information content (AvgIpc) is 2.74. The van der Waals surface area contributed by atoms with Crippen LogP contribution >= 0.6 is 22.6 Å². The van der Waals surface area contributed by atoms with Gasteiger partial charge in [0, 0.05) is 10.1 Å². The summed E-state index contributed by atoms with van der Waals surface area (Å²) in [6, 6.07) is 6.99. The molecule has 1 saturated heterocycles. The van der Waals surface area contributed by atoms with Crippen molar-refractivity contribution in [1.82, 2.24) is 10.6 Å². The minimum atomic E-state index is -0.419. The van der Waals surface area contributed by atoms with Crippen molar-refractivity contribution in [1.29, 1.82) is 0 Å². The van der Waals surface area contributed by atoms with Crippen LogP contribution < -0.4 is 15.4 Å². The van der Waals surface area contributed by atoms with Crippen molar-refractivity contribution in [2.75, 3.05) is 13.2 Å². The first kappa shape index (κ1) is 13.1. The number of hydrogen-bond acceptors (Lipinski definition) is 3. The lowest BCUT2D eigenvalue weighted by Crippen LogP contribution is -2.42. The maximum absolute atomic E-state index is 11.6. The van der Waals surface area contributed by atoms with Gasteiger partial charge in [0.05, 0.1) is 0 Å². The third-order valence-electron chi connectivity index (χ3n) is 2.57. The molecule has 0 aliphatic carbocycles. The van der Waals surface area contributed by atoms with E-state index in [0.29, 0.717) is 18.7 Å². The Balaban J connectivity index is 1.78. The molecule has 5 nitrogen and oxygen atoms in total. The first-order valence-corrected chi connectivity index (χ1v) is 6.68. The molecule has 96 valence electrons. The summed E-state index contributed by atoms with van der Waals surface area (Å²) in [6.45, 7) is 0.534. The first-order chi connectivity index (χ1) is 8.65. The Kier molecular flexibility index (Phi) is 4.40. The predicted molar refractivity (Wildman–Crippen MR) is 74.2 cm³/mol. The van der Waals surface area contributed by atoms with E-state index in [9.17, 15) is 9.59 Å². The fourth-order valence-corrected chi connectivity index (χ4v) is 2.01. The van der Waals surface area contributed by atoms with Crippen LogP contribution in [0.2, 0.25) is 0 Å². The van der Waals surface area contributed by atoms with Crippen molar-refractivity contribution in [3.05, 3.63) is 27.8 Å². The van der Waals surface area contributed by atoms with Crippen molar-refractivity contribution in [2.24, 2.45) is 0 Å². The number of benzene rings is 1. The average molecular weight is 360 g/mol. The van der Waals surface area contributed by atoms with E-state index in [2.05, 4.69) is 33.2 Å². The van der Waals surface area contributed by atoms with Crippen molar-refractivity contribution >= 4 is 34.4 Å². The topological polar surface area (TPSA) is 67.4 Å². The molecule has 1 aromatic rings. The molecule has 0 unspecified atom stereocenters. The van der Waals surface area contributed by atoms with Crippen LogP contribution in [0.5, 0.6) is 5.75 Å². The van der Waals surface area contributed by atoms with Crippen molar-refractivity contribution < 1.29 is 14.3 Å². The second-order valence-electron chi connectivity index (χ2n) is 3.94. The highest BCUT2D eigenvalue weighted by molar-refractivity contribution is 14.1. The zero-order chi connectivity index (χ0) is 13.0. The lowest BCUT2D eigenvalue weighted by molar-refractivity contribution is -0.128. The number of carbonyl (C=O) groups is 2. The van der Waals surface area contributed by atoms with E-state index in [1.165, 1.54) is 0 Å². The molecule has 0 saturated carbocycles. The van der Waals surface area contributed by atoms with E-state index in [1.807, 2.05) is 12.1 Å². The summed E-state index contributed by atoms with van der Waals surface area (Å²) in [5.74, 6) is 0.231. The summed E-state index contributed by atoms with van der Waals surface area (Å²) in [5.41, 5.74) is 0. The normalized spacial score (nSPS) is 18.3. The minimum absolute atomic E-state index is 0.0790. The first-order valence-electron chi connectivity index (χ1n) is 5.60. The highest BCUT2D eigenvalue weighted by Gasteiger charge is 2.25. The largest absolute Gasteiger partial charge is 0.484 e. The molecule has 0 aromatic heterocycles. The Hall–Kier alpha value is -1.31. The monoisotopic (exact) mass is 360 g/mol. The summed E-state index contributed by atoms with van der Waals surface area (Å²) in [6.07, 6.45) is 0.633. The molecular weight excluding hydrogens is 347 g/mol. The van der Waals surface area contributed by atoms with E-state index in [-0.39, 0.29) is 18.4 Å². The van der Waals surface area contributed by atoms with E-state index in [0.717, 1.165) is 3.57 Å². The molecule has 1 heterocycles. The second kappa shape index (κ2) is 6.03. The predicted octanol–water partition coefficient (Wildman–Crippen LogP) is 0.675. The van der Waals surface area contributed by atoms with Crippen LogP contribution in [0.15, 0.2) is 24.3 Å². The molecule has 0 radical (unpaired) electrons. The van der Waals surface area contributed by atoms with Crippen LogP contribution in [0, 0.1) is 3.57 Å². The van der Waals surface area contributed by atoms with Crippen LogP contribution in [0.3, 0.4) is 0 Å². The van der Waals surface area contributed by atoms with Gasteiger partial charge in [0.25, 0.3) is 5.91 Å². The Bertz CT molecular complexity index is 447. The highest BCUT2D eigenvalue weighted by Crippen LogP contribution is 2.13. The number of hydrogen-bond donors (Lipinski definition) is 2. The molecule has 0 spiro atoms. The molecule has 18 heavy (non-hydrogen) atoms. The summed E-state index contributed by atoms with van der Waals surface area (Å²) < 4.78 is 6.42. The number of carbonyl (C=O) groups excluding carboxylic acids is 2. The molecular formula is C12H13IN2O3. The summed E-state index contributed by atoms with van der Waals surface area (Å²) in [5, 5.41) is 5.29. The van der Waals surface area contributed by atoms with Crippen LogP contribution in [0.4, 0.5) is 0 Å². The zero-order valence-electron chi connectivity index (χ0n) is 9.61. The highest BCUT2D eigenvalue weighted by atomic mass is 127. The molecule has 1 atom stereocenters. The van der Waals surface area contributed by atoms with E-state index < -0.39 is 6.04 Å². The Morgan fingerprint density at radius 2 is 2.17 bits per heavy atom. The molecule has 1 aromatic carbocycles. The molecule has 2 amide bonds. The third-order valence-corrected chi connectivity index (χ3v) is 3.29. The lowest BCUT2D eigenvalue weighted by atomic mass is 10.2. The van der Waals surface area contributed by atoms with Gasteiger partial charge in [-0.05, 0) is 53.3 Å². The quantitative estimate of drug-likeness (QED) is 0.776. The second-order valence-corrected chi connectivity index (χ2v) is 5.19. The van der Waals surface area contributed by atoms with Gasteiger partial charge < -0.3 is 15.4 Å². The molecule has 1 aliphatic rings. The standard InChI is InChI=1S/C12H13IN2O3/c13-8-1-3-9(4-2-8)18-7-11(16)15-10-5-6-14-12(10)17/h1-4,10H,5-7H2,(H,14,17)(H,15,16)/t10-/m0/s1. The van der Waals surface area contributed by atoms with Gasteiger partial charge in [-0.15, -0.1) is 0 Å². The number of nitrogens with one attached hydrogen (secondary N) is 2. The Morgan fingerprint density at radius 3 is 2.78 bits per heavy atom. The van der Waals surface area contributed by atoms with Gasteiger partial charge in [-0.3, -0.25) is 9.59 Å². The molecule has 2 rings (SSSR count). The zero-order valence-corrected chi connectivity index (χ0v) is 11.8. The SMILES string of the molecule is O=C(COc1ccc(I)cc1)N[C@H]1CCNC1=O. The molecule has 1 aliphatic heterocycles. The minimum Gasteiger partial charge on any atom is -0.484 e. The van der Waals surface area contributed by atoms with Gasteiger partial charge in [-0.1, -0.05) is 0 Å². The number of amides is 2. The summed E-state index contributed by atoms with van der Waals surface area (Å²) in [4.78, 5) is 22.8. The third kappa shape index (κ3) is 3.59. The Morgan fingerprint density at radius 1 is 1.44 bits per heavy atom. The number of ether oxygens (including phenoxy) is 1. The molecule has 0 bridgehead atoms. The van der Waals surface area contributed by atoms with Gasteiger partial charge >= 0.3 is 0 Å². The fraction of sp³-hybridized carbons (Fsp3) is 0.333. The van der Waals surface area contributed by atoms with E-state index in [4.69, 9.17) is 4.74 Å². The van der Waals surface area contributed by atoms with Gasteiger partial charge in [0.2, 0.25) is 5.91 Å². The molecule has 6 heteroatoms. The van der Waals surface area contributed by atoms with E-state index >= 15 is 0 Å².